The van der Waals surface area contributed by atoms with E-state index in [0.29, 0.717) is 17.8 Å². The number of hydrogen-bond acceptors (Lipinski definition) is 3. The van der Waals surface area contributed by atoms with E-state index < -0.39 is 5.91 Å². The van der Waals surface area contributed by atoms with Gasteiger partial charge in [-0.1, -0.05) is 47.0 Å². The van der Waals surface area contributed by atoms with Crippen LogP contribution in [0.1, 0.15) is 35.3 Å². The third-order valence-corrected chi connectivity index (χ3v) is 4.31. The molecule has 27 heavy (non-hydrogen) atoms. The number of para-hydroxylation sites is 1. The van der Waals surface area contributed by atoms with Crippen LogP contribution < -0.4 is 0 Å². The zero-order chi connectivity index (χ0) is 19.6. The summed E-state index contributed by atoms with van der Waals surface area (Å²) < 4.78 is 1.76. The van der Waals surface area contributed by atoms with Crippen LogP contribution in [0.15, 0.2) is 64.3 Å². The molecule has 0 saturated heterocycles. The molecule has 2 aromatic carbocycles. The predicted octanol–water partition coefficient (Wildman–Crippen LogP) is 5.85. The van der Waals surface area contributed by atoms with Gasteiger partial charge in [0, 0.05) is 17.5 Å². The first-order valence-electron chi connectivity index (χ1n) is 8.84. The molecule has 5 heteroatoms. The summed E-state index contributed by atoms with van der Waals surface area (Å²) in [4.78, 5) is 12.4. The Hall–Kier alpha value is -3.21. The quantitative estimate of drug-likeness (QED) is 0.467. The summed E-state index contributed by atoms with van der Waals surface area (Å²) in [6.45, 7) is 8.40. The molecule has 1 heterocycles. The molecule has 0 fully saturated rings. The minimum atomic E-state index is -0.428. The molecule has 138 valence electrons. The van der Waals surface area contributed by atoms with Crippen molar-refractivity contribution in [3.63, 3.8) is 0 Å². The maximum atomic E-state index is 12.4. The van der Waals surface area contributed by atoms with Crippen molar-refractivity contribution in [1.82, 2.24) is 4.57 Å². The summed E-state index contributed by atoms with van der Waals surface area (Å²) >= 11 is 0. The highest BCUT2D eigenvalue weighted by Gasteiger charge is 2.16. The largest absolute Gasteiger partial charge is 0.493 e. The third-order valence-electron chi connectivity index (χ3n) is 4.31. The molecule has 0 radical (unpaired) electrons. The van der Waals surface area contributed by atoms with Crippen molar-refractivity contribution in [3.05, 3.63) is 70.8 Å². The number of amides is 1. The van der Waals surface area contributed by atoms with E-state index in [-0.39, 0.29) is 5.88 Å². The molecule has 0 atom stereocenters. The van der Waals surface area contributed by atoms with E-state index >= 15 is 0 Å². The lowest BCUT2D eigenvalue weighted by Gasteiger charge is -2.03. The standard InChI is InChI=1S/C22H23N3O2/c1-14(2)9-10-25-19-8-6-5-7-18(19)20(22(25)27)23-24-21(26)17-12-15(3)11-16(4)13-17/h5-9,11-13,27H,10H2,1-4H3. The molecule has 3 aromatic rings. The van der Waals surface area contributed by atoms with Crippen LogP contribution in [0, 0.1) is 13.8 Å². The molecule has 1 amide bonds. The van der Waals surface area contributed by atoms with Gasteiger partial charge in [0.1, 0.15) is 0 Å². The van der Waals surface area contributed by atoms with Gasteiger partial charge in [-0.25, -0.2) is 0 Å². The molecule has 0 spiro atoms. The molecule has 0 bridgehead atoms. The highest BCUT2D eigenvalue weighted by molar-refractivity contribution is 5.97. The van der Waals surface area contributed by atoms with E-state index in [9.17, 15) is 9.90 Å². The number of carbonyl (C=O) groups is 1. The summed E-state index contributed by atoms with van der Waals surface area (Å²) in [5, 5.41) is 19.4. The van der Waals surface area contributed by atoms with Crippen LogP contribution in [-0.2, 0) is 6.54 Å². The minimum Gasteiger partial charge on any atom is -0.493 e. The Balaban J connectivity index is 2.01. The second kappa shape index (κ2) is 7.58. The number of aromatic hydroxyl groups is 1. The van der Waals surface area contributed by atoms with Crippen LogP contribution in [-0.4, -0.2) is 15.6 Å². The highest BCUT2D eigenvalue weighted by atomic mass is 16.3. The summed E-state index contributed by atoms with van der Waals surface area (Å²) in [7, 11) is 0. The number of allylic oxidation sites excluding steroid dienone is 2. The fourth-order valence-corrected chi connectivity index (χ4v) is 3.08. The molecular formula is C22H23N3O2. The first kappa shape index (κ1) is 18.6. The van der Waals surface area contributed by atoms with Crippen molar-refractivity contribution < 1.29 is 9.90 Å². The zero-order valence-electron chi connectivity index (χ0n) is 16.0. The lowest BCUT2D eigenvalue weighted by molar-refractivity contribution is 0.0995. The number of azo groups is 1. The molecule has 0 aliphatic carbocycles. The highest BCUT2D eigenvalue weighted by Crippen LogP contribution is 2.38. The molecule has 1 aromatic heterocycles. The molecule has 0 saturated carbocycles. The number of fused-ring (bicyclic) bond motifs is 1. The first-order chi connectivity index (χ1) is 12.9. The molecule has 5 nitrogen and oxygen atoms in total. The Morgan fingerprint density at radius 2 is 1.78 bits per heavy atom. The molecule has 3 rings (SSSR count). The fraction of sp³-hybridized carbons (Fsp3) is 0.227. The van der Waals surface area contributed by atoms with Gasteiger partial charge in [0.05, 0.1) is 5.52 Å². The molecule has 0 aliphatic rings. The maximum absolute atomic E-state index is 12.4. The second-order valence-corrected chi connectivity index (χ2v) is 6.96. The van der Waals surface area contributed by atoms with Gasteiger partial charge in [0.2, 0.25) is 5.88 Å². The summed E-state index contributed by atoms with van der Waals surface area (Å²) in [5.74, 6) is -0.423. The van der Waals surface area contributed by atoms with Gasteiger partial charge in [-0.2, -0.15) is 0 Å². The van der Waals surface area contributed by atoms with Gasteiger partial charge in [0.15, 0.2) is 5.69 Å². The summed E-state index contributed by atoms with van der Waals surface area (Å²) in [6, 6.07) is 13.1. The van der Waals surface area contributed by atoms with E-state index in [2.05, 4.69) is 10.2 Å². The number of carbonyl (C=O) groups excluding carboxylic acids is 1. The van der Waals surface area contributed by atoms with Crippen LogP contribution >= 0.6 is 0 Å². The number of aryl methyl sites for hydroxylation is 2. The average Bonchev–Trinajstić information content (AvgIpc) is 2.88. The Bertz CT molecular complexity index is 1050. The molecule has 0 aliphatic heterocycles. The Kier molecular flexibility index (Phi) is 5.21. The summed E-state index contributed by atoms with van der Waals surface area (Å²) in [5.41, 5.74) is 4.79. The first-order valence-corrected chi connectivity index (χ1v) is 8.84. The van der Waals surface area contributed by atoms with E-state index in [1.807, 2.05) is 64.1 Å². The lowest BCUT2D eigenvalue weighted by Crippen LogP contribution is -1.95. The monoisotopic (exact) mass is 361 g/mol. The number of aromatic nitrogens is 1. The Morgan fingerprint density at radius 1 is 1.11 bits per heavy atom. The van der Waals surface area contributed by atoms with E-state index in [0.717, 1.165) is 27.6 Å². The van der Waals surface area contributed by atoms with E-state index in [1.165, 1.54) is 0 Å². The van der Waals surface area contributed by atoms with Crippen molar-refractivity contribution in [2.75, 3.05) is 0 Å². The second-order valence-electron chi connectivity index (χ2n) is 6.96. The van der Waals surface area contributed by atoms with Gasteiger partial charge < -0.3 is 9.67 Å². The predicted molar refractivity (Wildman–Crippen MR) is 108 cm³/mol. The Labute approximate surface area is 158 Å². The van der Waals surface area contributed by atoms with Crippen LogP contribution in [0.25, 0.3) is 10.9 Å². The smallest absolute Gasteiger partial charge is 0.295 e. The van der Waals surface area contributed by atoms with E-state index in [4.69, 9.17) is 0 Å². The van der Waals surface area contributed by atoms with Gasteiger partial charge in [-0.3, -0.25) is 4.79 Å². The van der Waals surface area contributed by atoms with Crippen LogP contribution in [0.5, 0.6) is 5.88 Å². The van der Waals surface area contributed by atoms with Crippen LogP contribution in [0.3, 0.4) is 0 Å². The maximum Gasteiger partial charge on any atom is 0.295 e. The number of nitrogens with zero attached hydrogens (tertiary/aromatic N) is 3. The molecular weight excluding hydrogens is 338 g/mol. The molecule has 0 unspecified atom stereocenters. The lowest BCUT2D eigenvalue weighted by atomic mass is 10.1. The molecule has 1 N–H and O–H groups in total. The van der Waals surface area contributed by atoms with Gasteiger partial charge >= 0.3 is 0 Å². The number of benzene rings is 2. The van der Waals surface area contributed by atoms with Crippen molar-refractivity contribution in [2.45, 2.75) is 34.2 Å². The third kappa shape index (κ3) is 3.97. The number of hydrogen-bond donors (Lipinski definition) is 1. The SMILES string of the molecule is CC(C)=CCn1c(O)c(N=NC(=O)c2cc(C)cc(C)c2)c2ccccc21. The number of rotatable bonds is 4. The topological polar surface area (TPSA) is 66.9 Å². The van der Waals surface area contributed by atoms with Crippen LogP contribution in [0.4, 0.5) is 5.69 Å². The Morgan fingerprint density at radius 3 is 2.44 bits per heavy atom. The van der Waals surface area contributed by atoms with Crippen molar-refractivity contribution in [2.24, 2.45) is 10.2 Å². The van der Waals surface area contributed by atoms with Gasteiger partial charge in [0.25, 0.3) is 5.91 Å². The zero-order valence-corrected chi connectivity index (χ0v) is 16.0. The fourth-order valence-electron chi connectivity index (χ4n) is 3.08. The van der Waals surface area contributed by atoms with E-state index in [1.54, 1.807) is 16.7 Å². The van der Waals surface area contributed by atoms with Crippen LogP contribution in [0.2, 0.25) is 0 Å². The summed E-state index contributed by atoms with van der Waals surface area (Å²) in [6.07, 6.45) is 2.02. The van der Waals surface area contributed by atoms with Crippen molar-refractivity contribution >= 4 is 22.5 Å². The normalized spacial score (nSPS) is 11.3. The van der Waals surface area contributed by atoms with Crippen molar-refractivity contribution in [1.29, 1.82) is 0 Å². The van der Waals surface area contributed by atoms with Gasteiger partial charge in [-0.05, 0) is 45.9 Å². The minimum absolute atomic E-state index is 0.00525. The average molecular weight is 361 g/mol. The van der Waals surface area contributed by atoms with Crippen molar-refractivity contribution in [3.8, 4) is 5.88 Å². The van der Waals surface area contributed by atoms with Gasteiger partial charge in [-0.15, -0.1) is 10.2 Å².